The second-order valence-corrected chi connectivity index (χ2v) is 4.29. The van der Waals surface area contributed by atoms with Crippen molar-refractivity contribution in [3.63, 3.8) is 0 Å². The van der Waals surface area contributed by atoms with Gasteiger partial charge in [-0.05, 0) is 31.2 Å². The quantitative estimate of drug-likeness (QED) is 0.820. The predicted octanol–water partition coefficient (Wildman–Crippen LogP) is 2.95. The van der Waals surface area contributed by atoms with Crippen LogP contribution in [0.5, 0.6) is 0 Å². The Balaban J connectivity index is 2.02. The van der Waals surface area contributed by atoms with Crippen molar-refractivity contribution >= 4 is 23.1 Å². The first-order chi connectivity index (χ1) is 8.15. The molecular formula is C12H14ClN3O. The molecule has 2 heterocycles. The molecule has 0 saturated heterocycles. The number of anilines is 2. The third-order valence-corrected chi connectivity index (χ3v) is 2.57. The smallest absolute Gasteiger partial charge is 0.151 e. The van der Waals surface area contributed by atoms with Crippen LogP contribution in [-0.2, 0) is 6.42 Å². The Morgan fingerprint density at radius 2 is 2.29 bits per heavy atom. The molecular weight excluding hydrogens is 238 g/mol. The fraction of sp³-hybridized carbons (Fsp3) is 0.250. The van der Waals surface area contributed by atoms with Gasteiger partial charge in [0.1, 0.15) is 10.9 Å². The first-order valence-electron chi connectivity index (χ1n) is 5.36. The minimum Gasteiger partial charge on any atom is -0.469 e. The van der Waals surface area contributed by atoms with Crippen LogP contribution in [-0.4, -0.2) is 11.0 Å². The number of halogens is 1. The molecule has 0 amide bonds. The molecule has 0 aliphatic carbocycles. The third-order valence-electron chi connectivity index (χ3n) is 2.36. The van der Waals surface area contributed by atoms with E-state index in [1.165, 1.54) is 0 Å². The normalized spacial score (nSPS) is 12.4. The van der Waals surface area contributed by atoms with Gasteiger partial charge in [-0.2, -0.15) is 0 Å². The number of nitrogens with two attached hydrogens (primary N) is 1. The number of nitrogens with zero attached hydrogens (tertiary/aromatic N) is 1. The van der Waals surface area contributed by atoms with Crippen molar-refractivity contribution in [3.05, 3.63) is 41.4 Å². The van der Waals surface area contributed by atoms with Crippen LogP contribution in [0.15, 0.2) is 34.9 Å². The molecule has 0 aromatic carbocycles. The van der Waals surface area contributed by atoms with Crippen LogP contribution in [0.25, 0.3) is 0 Å². The summed E-state index contributed by atoms with van der Waals surface area (Å²) in [5.41, 5.74) is 6.39. The summed E-state index contributed by atoms with van der Waals surface area (Å²) in [4.78, 5) is 4.14. The number of aromatic nitrogens is 1. The summed E-state index contributed by atoms with van der Waals surface area (Å²) >= 11 is 5.82. The molecule has 0 fully saturated rings. The molecule has 17 heavy (non-hydrogen) atoms. The number of furan rings is 1. The molecule has 90 valence electrons. The maximum atomic E-state index is 5.82. The zero-order valence-corrected chi connectivity index (χ0v) is 10.2. The lowest BCUT2D eigenvalue weighted by molar-refractivity contribution is 0.497. The number of nitrogens with one attached hydrogen (secondary N) is 1. The molecule has 0 bridgehead atoms. The fourth-order valence-corrected chi connectivity index (χ4v) is 1.72. The Hall–Kier alpha value is -1.68. The molecule has 5 heteroatoms. The lowest BCUT2D eigenvalue weighted by Crippen LogP contribution is -2.19. The number of pyridine rings is 1. The monoisotopic (exact) mass is 251 g/mol. The van der Waals surface area contributed by atoms with Gasteiger partial charge in [0.05, 0.1) is 12.0 Å². The average Bonchev–Trinajstić information content (AvgIpc) is 2.76. The molecule has 0 radical (unpaired) electrons. The Bertz CT molecular complexity index is 485. The topological polar surface area (TPSA) is 64.1 Å². The molecule has 2 aromatic rings. The van der Waals surface area contributed by atoms with Crippen LogP contribution in [0.1, 0.15) is 12.7 Å². The third kappa shape index (κ3) is 3.14. The van der Waals surface area contributed by atoms with E-state index in [-0.39, 0.29) is 6.04 Å². The van der Waals surface area contributed by atoms with Crippen LogP contribution < -0.4 is 11.1 Å². The summed E-state index contributed by atoms with van der Waals surface area (Å²) in [6.45, 7) is 2.03. The number of nitrogen functional groups attached to an aromatic ring is 1. The van der Waals surface area contributed by atoms with Gasteiger partial charge in [0.25, 0.3) is 0 Å². The lowest BCUT2D eigenvalue weighted by atomic mass is 10.2. The van der Waals surface area contributed by atoms with Gasteiger partial charge < -0.3 is 15.5 Å². The molecule has 0 aliphatic heterocycles. The number of hydrogen-bond donors (Lipinski definition) is 2. The Morgan fingerprint density at radius 1 is 1.47 bits per heavy atom. The number of rotatable bonds is 4. The Labute approximate surface area is 105 Å². The maximum Gasteiger partial charge on any atom is 0.151 e. The molecule has 3 N–H and O–H groups in total. The Morgan fingerprint density at radius 3 is 3.00 bits per heavy atom. The van der Waals surface area contributed by atoms with Crippen LogP contribution in [0.3, 0.4) is 0 Å². The predicted molar refractivity (Wildman–Crippen MR) is 69.2 cm³/mol. The van der Waals surface area contributed by atoms with Gasteiger partial charge in [0, 0.05) is 12.5 Å². The van der Waals surface area contributed by atoms with E-state index in [1.54, 1.807) is 18.4 Å². The Kier molecular flexibility index (Phi) is 3.54. The average molecular weight is 252 g/mol. The van der Waals surface area contributed by atoms with E-state index in [1.807, 2.05) is 19.1 Å². The molecule has 2 aromatic heterocycles. The minimum atomic E-state index is 0.161. The molecule has 4 nitrogen and oxygen atoms in total. The van der Waals surface area contributed by atoms with Gasteiger partial charge in [-0.3, -0.25) is 0 Å². The first-order valence-corrected chi connectivity index (χ1v) is 5.74. The van der Waals surface area contributed by atoms with Crippen LogP contribution in [0.4, 0.5) is 11.5 Å². The van der Waals surface area contributed by atoms with E-state index in [0.717, 1.165) is 12.2 Å². The van der Waals surface area contributed by atoms with Crippen LogP contribution in [0.2, 0.25) is 5.15 Å². The van der Waals surface area contributed by atoms with Gasteiger partial charge in [-0.25, -0.2) is 4.98 Å². The fourth-order valence-electron chi connectivity index (χ4n) is 1.58. The standard InChI is InChI=1S/C12H14ClN3O/c1-8(7-9-3-2-6-17-9)15-12-10(14)4-5-11(13)16-12/h2-6,8H,7,14H2,1H3,(H,15,16). The van der Waals surface area contributed by atoms with Crippen molar-refractivity contribution in [2.24, 2.45) is 0 Å². The van der Waals surface area contributed by atoms with Gasteiger partial charge in [-0.1, -0.05) is 11.6 Å². The van der Waals surface area contributed by atoms with Crippen molar-refractivity contribution in [3.8, 4) is 0 Å². The SMILES string of the molecule is CC(Cc1ccco1)Nc1nc(Cl)ccc1N. The van der Waals surface area contributed by atoms with E-state index >= 15 is 0 Å². The number of hydrogen-bond acceptors (Lipinski definition) is 4. The first kappa shape index (κ1) is 11.8. The van der Waals surface area contributed by atoms with Gasteiger partial charge >= 0.3 is 0 Å². The maximum absolute atomic E-state index is 5.82. The van der Waals surface area contributed by atoms with E-state index in [2.05, 4.69) is 10.3 Å². The van der Waals surface area contributed by atoms with Gasteiger partial charge in [0.15, 0.2) is 5.82 Å². The van der Waals surface area contributed by atoms with Crippen molar-refractivity contribution in [1.29, 1.82) is 0 Å². The van der Waals surface area contributed by atoms with E-state index < -0.39 is 0 Å². The van der Waals surface area contributed by atoms with E-state index in [4.69, 9.17) is 21.8 Å². The van der Waals surface area contributed by atoms with E-state index in [9.17, 15) is 0 Å². The highest BCUT2D eigenvalue weighted by atomic mass is 35.5. The second-order valence-electron chi connectivity index (χ2n) is 3.90. The van der Waals surface area contributed by atoms with Crippen molar-refractivity contribution < 1.29 is 4.42 Å². The van der Waals surface area contributed by atoms with E-state index in [0.29, 0.717) is 16.7 Å². The summed E-state index contributed by atoms with van der Waals surface area (Å²) in [6, 6.07) is 7.37. The molecule has 0 aliphatic rings. The largest absolute Gasteiger partial charge is 0.469 e. The highest BCUT2D eigenvalue weighted by Gasteiger charge is 2.09. The van der Waals surface area contributed by atoms with Crippen molar-refractivity contribution in [2.75, 3.05) is 11.1 Å². The molecule has 1 atom stereocenters. The minimum absolute atomic E-state index is 0.161. The highest BCUT2D eigenvalue weighted by molar-refractivity contribution is 6.29. The molecule has 0 spiro atoms. The molecule has 2 rings (SSSR count). The van der Waals surface area contributed by atoms with Crippen LogP contribution in [0, 0.1) is 0 Å². The summed E-state index contributed by atoms with van der Waals surface area (Å²) in [5.74, 6) is 1.53. The summed E-state index contributed by atoms with van der Waals surface area (Å²) in [6.07, 6.45) is 2.43. The molecule has 0 saturated carbocycles. The second kappa shape index (κ2) is 5.10. The van der Waals surface area contributed by atoms with Crippen LogP contribution >= 0.6 is 11.6 Å². The summed E-state index contributed by atoms with van der Waals surface area (Å²) in [7, 11) is 0. The molecule has 1 unspecified atom stereocenters. The highest BCUT2D eigenvalue weighted by Crippen LogP contribution is 2.19. The van der Waals surface area contributed by atoms with Gasteiger partial charge in [0.2, 0.25) is 0 Å². The lowest BCUT2D eigenvalue weighted by Gasteiger charge is -2.14. The van der Waals surface area contributed by atoms with Gasteiger partial charge in [-0.15, -0.1) is 0 Å². The summed E-state index contributed by atoms with van der Waals surface area (Å²) in [5, 5.41) is 3.63. The zero-order valence-electron chi connectivity index (χ0n) is 9.48. The van der Waals surface area contributed by atoms with Crippen molar-refractivity contribution in [1.82, 2.24) is 4.98 Å². The summed E-state index contributed by atoms with van der Waals surface area (Å²) < 4.78 is 5.28. The zero-order chi connectivity index (χ0) is 12.3. The van der Waals surface area contributed by atoms with Crippen molar-refractivity contribution in [2.45, 2.75) is 19.4 Å².